The van der Waals surface area contributed by atoms with Gasteiger partial charge in [-0.05, 0) is 70.3 Å². The van der Waals surface area contributed by atoms with Crippen LogP contribution in [0, 0.1) is 28.6 Å². The molecule has 0 aliphatic heterocycles. The summed E-state index contributed by atoms with van der Waals surface area (Å²) in [7, 11) is 0. The average molecular weight is 387 g/mol. The SMILES string of the molecule is CC(CCC(COP(=O)(Cl)Cl)C(C)CC(C)(C)C)CC(C)(C)C. The highest BCUT2D eigenvalue weighted by molar-refractivity contribution is 8.05. The molecule has 0 aromatic carbocycles. The lowest BCUT2D eigenvalue weighted by molar-refractivity contribution is 0.153. The first-order valence-electron chi connectivity index (χ1n) is 8.73. The Labute approximate surface area is 154 Å². The molecule has 140 valence electrons. The molecule has 0 aliphatic rings. The van der Waals surface area contributed by atoms with Crippen LogP contribution >= 0.6 is 28.6 Å². The molecule has 0 saturated carbocycles. The second-order valence-corrected chi connectivity index (χ2v) is 13.9. The van der Waals surface area contributed by atoms with E-state index in [1.807, 2.05) is 0 Å². The Morgan fingerprint density at radius 2 is 1.39 bits per heavy atom. The number of hydrogen-bond acceptors (Lipinski definition) is 2. The third-order valence-electron chi connectivity index (χ3n) is 4.17. The summed E-state index contributed by atoms with van der Waals surface area (Å²) in [5.74, 6) is 1.48. The quantitative estimate of drug-likeness (QED) is 0.373. The van der Waals surface area contributed by atoms with Crippen LogP contribution in [-0.2, 0) is 9.09 Å². The molecule has 2 nitrogen and oxygen atoms in total. The molecule has 0 bridgehead atoms. The highest BCUT2D eigenvalue weighted by Crippen LogP contribution is 2.58. The fourth-order valence-corrected chi connectivity index (χ4v) is 4.20. The van der Waals surface area contributed by atoms with Crippen LogP contribution in [0.2, 0.25) is 0 Å². The molecule has 3 atom stereocenters. The fourth-order valence-electron chi connectivity index (χ4n) is 3.49. The second-order valence-electron chi connectivity index (χ2n) is 9.66. The monoisotopic (exact) mass is 386 g/mol. The van der Waals surface area contributed by atoms with E-state index < -0.39 is 6.07 Å². The maximum Gasteiger partial charge on any atom is 0.380 e. The van der Waals surface area contributed by atoms with Crippen LogP contribution in [-0.4, -0.2) is 6.61 Å². The van der Waals surface area contributed by atoms with Gasteiger partial charge in [0.05, 0.1) is 6.61 Å². The number of halogens is 2. The fraction of sp³-hybridized carbons (Fsp3) is 1.00. The lowest BCUT2D eigenvalue weighted by Crippen LogP contribution is -2.23. The Kier molecular flexibility index (Phi) is 9.78. The first-order chi connectivity index (χ1) is 10.1. The summed E-state index contributed by atoms with van der Waals surface area (Å²) in [4.78, 5) is 0. The lowest BCUT2D eigenvalue weighted by Gasteiger charge is -2.31. The van der Waals surface area contributed by atoms with Crippen molar-refractivity contribution < 1.29 is 9.09 Å². The summed E-state index contributed by atoms with van der Waals surface area (Å²) < 4.78 is 16.7. The Balaban J connectivity index is 4.68. The van der Waals surface area contributed by atoms with Crippen molar-refractivity contribution in [3.05, 3.63) is 0 Å². The van der Waals surface area contributed by atoms with Crippen LogP contribution < -0.4 is 0 Å². The van der Waals surface area contributed by atoms with Gasteiger partial charge in [0.15, 0.2) is 0 Å². The Hall–Kier alpha value is 0.770. The van der Waals surface area contributed by atoms with E-state index in [2.05, 4.69) is 55.4 Å². The first-order valence-corrected chi connectivity index (χ1v) is 12.2. The predicted molar refractivity (Wildman–Crippen MR) is 104 cm³/mol. The van der Waals surface area contributed by atoms with Gasteiger partial charge in [-0.15, -0.1) is 0 Å². The van der Waals surface area contributed by atoms with E-state index in [-0.39, 0.29) is 5.41 Å². The first kappa shape index (κ1) is 23.8. The summed E-state index contributed by atoms with van der Waals surface area (Å²) in [5, 5.41) is 0. The normalized spacial score (nSPS) is 17.8. The van der Waals surface area contributed by atoms with Gasteiger partial charge >= 0.3 is 6.07 Å². The van der Waals surface area contributed by atoms with Crippen LogP contribution in [0.5, 0.6) is 0 Å². The molecule has 0 radical (unpaired) electrons. The van der Waals surface area contributed by atoms with Crippen molar-refractivity contribution in [3.63, 3.8) is 0 Å². The smallest absolute Gasteiger partial charge is 0.306 e. The lowest BCUT2D eigenvalue weighted by atomic mass is 9.76. The number of hydrogen-bond donors (Lipinski definition) is 0. The highest BCUT2D eigenvalue weighted by atomic mass is 35.9. The van der Waals surface area contributed by atoms with E-state index in [4.69, 9.17) is 27.0 Å². The van der Waals surface area contributed by atoms with E-state index in [0.29, 0.717) is 29.8 Å². The van der Waals surface area contributed by atoms with Crippen LogP contribution in [0.25, 0.3) is 0 Å². The van der Waals surface area contributed by atoms with Crippen molar-refractivity contribution in [1.29, 1.82) is 0 Å². The Morgan fingerprint density at radius 3 is 1.78 bits per heavy atom. The molecule has 0 N–H and O–H groups in total. The van der Waals surface area contributed by atoms with E-state index in [1.165, 1.54) is 6.42 Å². The molecule has 0 heterocycles. The van der Waals surface area contributed by atoms with Gasteiger partial charge in [0.1, 0.15) is 0 Å². The zero-order valence-electron chi connectivity index (χ0n) is 16.3. The zero-order chi connectivity index (χ0) is 18.5. The summed E-state index contributed by atoms with van der Waals surface area (Å²) in [6, 6.07) is 0. The molecule has 0 fully saturated rings. The summed E-state index contributed by atoms with van der Waals surface area (Å²) >= 11 is 11.1. The average Bonchev–Trinajstić information content (AvgIpc) is 2.21. The topological polar surface area (TPSA) is 26.3 Å². The van der Waals surface area contributed by atoms with Gasteiger partial charge in [-0.3, -0.25) is 4.57 Å². The van der Waals surface area contributed by atoms with Gasteiger partial charge in [-0.1, -0.05) is 61.8 Å². The molecule has 23 heavy (non-hydrogen) atoms. The molecule has 0 aliphatic carbocycles. The molecule has 3 unspecified atom stereocenters. The second kappa shape index (κ2) is 9.46. The predicted octanol–water partition coefficient (Wildman–Crippen LogP) is 8.13. The maximum atomic E-state index is 11.5. The summed E-state index contributed by atoms with van der Waals surface area (Å²) in [6.07, 6.45) is 1.07. The molecule has 0 aromatic heterocycles. The third kappa shape index (κ3) is 14.8. The van der Waals surface area contributed by atoms with Gasteiger partial charge in [0.2, 0.25) is 0 Å². The van der Waals surface area contributed by atoms with Crippen molar-refractivity contribution in [1.82, 2.24) is 0 Å². The van der Waals surface area contributed by atoms with E-state index in [9.17, 15) is 4.57 Å². The van der Waals surface area contributed by atoms with Gasteiger partial charge in [0.25, 0.3) is 0 Å². The van der Waals surface area contributed by atoms with E-state index in [0.717, 1.165) is 19.3 Å². The Bertz CT molecular complexity index is 379. The summed E-state index contributed by atoms with van der Waals surface area (Å²) in [5.41, 5.74) is 0.616. The molecular weight excluding hydrogens is 350 g/mol. The van der Waals surface area contributed by atoms with Crippen molar-refractivity contribution in [2.24, 2.45) is 28.6 Å². The van der Waals surface area contributed by atoms with Crippen LogP contribution in [0.1, 0.15) is 81.1 Å². The highest BCUT2D eigenvalue weighted by Gasteiger charge is 2.27. The minimum Gasteiger partial charge on any atom is -0.306 e. The standard InChI is InChI=1S/C18H37Cl2O2P/c1-14(11-17(3,4)5)9-10-16(13-22-23(19,20)21)15(2)12-18(6,7)8/h14-16H,9-13H2,1-8H3. The zero-order valence-corrected chi connectivity index (χ0v) is 18.7. The van der Waals surface area contributed by atoms with Crippen molar-refractivity contribution in [3.8, 4) is 0 Å². The van der Waals surface area contributed by atoms with Crippen LogP contribution in [0.3, 0.4) is 0 Å². The van der Waals surface area contributed by atoms with Crippen molar-refractivity contribution >= 4 is 28.6 Å². The van der Waals surface area contributed by atoms with Gasteiger partial charge in [-0.2, -0.15) is 0 Å². The van der Waals surface area contributed by atoms with Gasteiger partial charge < -0.3 is 4.52 Å². The van der Waals surface area contributed by atoms with E-state index in [1.54, 1.807) is 0 Å². The molecule has 5 heteroatoms. The molecule has 0 amide bonds. The van der Waals surface area contributed by atoms with E-state index >= 15 is 0 Å². The molecule has 0 saturated heterocycles. The Morgan fingerprint density at radius 1 is 0.913 bits per heavy atom. The minimum absolute atomic E-state index is 0.264. The van der Waals surface area contributed by atoms with Crippen LogP contribution in [0.4, 0.5) is 0 Å². The van der Waals surface area contributed by atoms with Crippen molar-refractivity contribution in [2.45, 2.75) is 81.1 Å². The minimum atomic E-state index is -3.45. The molecule has 0 aromatic rings. The van der Waals surface area contributed by atoms with Crippen LogP contribution in [0.15, 0.2) is 0 Å². The molecule has 0 spiro atoms. The molecule has 0 rings (SSSR count). The van der Waals surface area contributed by atoms with Gasteiger partial charge in [-0.25, -0.2) is 0 Å². The molecular formula is C18H37Cl2O2P. The third-order valence-corrected chi connectivity index (χ3v) is 5.20. The largest absolute Gasteiger partial charge is 0.380 e. The van der Waals surface area contributed by atoms with Crippen molar-refractivity contribution in [2.75, 3.05) is 6.61 Å². The summed E-state index contributed by atoms with van der Waals surface area (Å²) in [6.45, 7) is 18.5. The maximum absolute atomic E-state index is 11.5. The number of rotatable bonds is 9. The van der Waals surface area contributed by atoms with Gasteiger partial charge in [0, 0.05) is 0 Å².